The van der Waals surface area contributed by atoms with Crippen molar-refractivity contribution in [3.8, 4) is 0 Å². The van der Waals surface area contributed by atoms with Gasteiger partial charge in [0.1, 0.15) is 0 Å². The number of nitrogens with one attached hydrogen (secondary N) is 1. The number of carbonyl (C=O) groups excluding carboxylic acids is 1. The van der Waals surface area contributed by atoms with Gasteiger partial charge in [-0.15, -0.1) is 0 Å². The summed E-state index contributed by atoms with van der Waals surface area (Å²) in [5, 5.41) is 2.43. The maximum Gasteiger partial charge on any atom is 0.251 e. The quantitative estimate of drug-likeness (QED) is 0.775. The molecule has 4 nitrogen and oxygen atoms in total. The summed E-state index contributed by atoms with van der Waals surface area (Å²) in [5.41, 5.74) is 0.343. The first-order valence-electron chi connectivity index (χ1n) is 3.97. The number of benzene rings is 1. The summed E-state index contributed by atoms with van der Waals surface area (Å²) in [4.78, 5) is 11.3. The van der Waals surface area contributed by atoms with Crippen molar-refractivity contribution in [3.63, 3.8) is 0 Å². The maximum absolute atomic E-state index is 11.2. The van der Waals surface area contributed by atoms with E-state index in [0.29, 0.717) is 5.56 Å². The van der Waals surface area contributed by atoms with Gasteiger partial charge in [0.25, 0.3) is 5.91 Å². The van der Waals surface area contributed by atoms with Crippen LogP contribution in [0.5, 0.6) is 0 Å². The number of amides is 1. The second-order valence-corrected chi connectivity index (χ2v) is 4.89. The van der Waals surface area contributed by atoms with E-state index in [1.54, 1.807) is 12.1 Å². The Kier molecular flexibility index (Phi) is 2.90. The van der Waals surface area contributed by atoms with E-state index in [1.165, 1.54) is 19.2 Å². The van der Waals surface area contributed by atoms with Crippen molar-refractivity contribution in [2.24, 2.45) is 0 Å². The molecule has 1 rings (SSSR count). The first kappa shape index (κ1) is 10.7. The summed E-state index contributed by atoms with van der Waals surface area (Å²) < 4.78 is 22.3. The van der Waals surface area contributed by atoms with Crippen LogP contribution in [0.1, 0.15) is 10.4 Å². The highest BCUT2D eigenvalue weighted by Gasteiger charge is 2.09. The molecule has 1 N–H and O–H groups in total. The van der Waals surface area contributed by atoms with E-state index in [1.807, 2.05) is 0 Å². The van der Waals surface area contributed by atoms with Gasteiger partial charge in [0.15, 0.2) is 9.84 Å². The fraction of sp³-hybridized carbons (Fsp3) is 0.222. The van der Waals surface area contributed by atoms with Crippen LogP contribution in [0.15, 0.2) is 29.2 Å². The normalized spacial score (nSPS) is 11.0. The van der Waals surface area contributed by atoms with Crippen molar-refractivity contribution in [1.29, 1.82) is 0 Å². The molecule has 0 unspecified atom stereocenters. The molecule has 0 aromatic heterocycles. The number of sulfone groups is 1. The molecular formula is C9H11NO3S. The van der Waals surface area contributed by atoms with Crippen LogP contribution in [-0.2, 0) is 9.84 Å². The van der Waals surface area contributed by atoms with Crippen LogP contribution in [0.3, 0.4) is 0 Å². The molecule has 0 saturated carbocycles. The monoisotopic (exact) mass is 213 g/mol. The van der Waals surface area contributed by atoms with Crippen LogP contribution >= 0.6 is 0 Å². The molecule has 0 spiro atoms. The zero-order valence-electron chi connectivity index (χ0n) is 7.94. The van der Waals surface area contributed by atoms with Crippen molar-refractivity contribution in [2.45, 2.75) is 4.90 Å². The topological polar surface area (TPSA) is 63.2 Å². The lowest BCUT2D eigenvalue weighted by atomic mass is 10.2. The highest BCUT2D eigenvalue weighted by Crippen LogP contribution is 2.10. The van der Waals surface area contributed by atoms with E-state index in [2.05, 4.69) is 5.32 Å². The van der Waals surface area contributed by atoms with Gasteiger partial charge in [-0.3, -0.25) is 4.79 Å². The first-order valence-corrected chi connectivity index (χ1v) is 5.86. The van der Waals surface area contributed by atoms with E-state index < -0.39 is 9.84 Å². The molecule has 0 heterocycles. The second kappa shape index (κ2) is 3.79. The molecule has 76 valence electrons. The highest BCUT2D eigenvalue weighted by molar-refractivity contribution is 7.90. The van der Waals surface area contributed by atoms with Gasteiger partial charge >= 0.3 is 0 Å². The van der Waals surface area contributed by atoms with E-state index in [0.717, 1.165) is 6.26 Å². The van der Waals surface area contributed by atoms with Gasteiger partial charge in [-0.1, -0.05) is 6.07 Å². The van der Waals surface area contributed by atoms with Gasteiger partial charge in [0.05, 0.1) is 4.90 Å². The van der Waals surface area contributed by atoms with Gasteiger partial charge in [-0.2, -0.15) is 0 Å². The molecule has 14 heavy (non-hydrogen) atoms. The Morgan fingerprint density at radius 1 is 1.36 bits per heavy atom. The van der Waals surface area contributed by atoms with Crippen LogP contribution < -0.4 is 5.32 Å². The first-order chi connectivity index (χ1) is 6.45. The third-order valence-electron chi connectivity index (χ3n) is 1.75. The Balaban J connectivity index is 3.21. The van der Waals surface area contributed by atoms with E-state index in [4.69, 9.17) is 0 Å². The molecule has 1 amide bonds. The van der Waals surface area contributed by atoms with Crippen molar-refractivity contribution < 1.29 is 13.2 Å². The maximum atomic E-state index is 11.2. The summed E-state index contributed by atoms with van der Waals surface area (Å²) in [6, 6.07) is 5.92. The van der Waals surface area contributed by atoms with Crippen LogP contribution in [0.25, 0.3) is 0 Å². The molecular weight excluding hydrogens is 202 g/mol. The fourth-order valence-electron chi connectivity index (χ4n) is 1.01. The van der Waals surface area contributed by atoms with Gasteiger partial charge < -0.3 is 5.32 Å². The smallest absolute Gasteiger partial charge is 0.251 e. The Hall–Kier alpha value is -1.36. The Labute approximate surface area is 82.9 Å². The number of carbonyl (C=O) groups is 1. The van der Waals surface area contributed by atoms with Crippen molar-refractivity contribution in [2.75, 3.05) is 13.3 Å². The molecule has 0 aliphatic carbocycles. The van der Waals surface area contributed by atoms with E-state index >= 15 is 0 Å². The average molecular weight is 213 g/mol. The summed E-state index contributed by atoms with van der Waals surface area (Å²) in [6.07, 6.45) is 1.11. The predicted molar refractivity (Wildman–Crippen MR) is 52.9 cm³/mol. The molecule has 0 saturated heterocycles. The second-order valence-electron chi connectivity index (χ2n) is 2.88. The molecule has 1 aromatic rings. The summed E-state index contributed by atoms with van der Waals surface area (Å²) in [6.45, 7) is 0. The molecule has 0 aliphatic heterocycles. The highest BCUT2D eigenvalue weighted by atomic mass is 32.2. The molecule has 0 atom stereocenters. The molecule has 5 heteroatoms. The van der Waals surface area contributed by atoms with Crippen LogP contribution in [0.2, 0.25) is 0 Å². The minimum absolute atomic E-state index is 0.151. The van der Waals surface area contributed by atoms with Crippen LogP contribution in [0, 0.1) is 0 Å². The van der Waals surface area contributed by atoms with Crippen LogP contribution in [0.4, 0.5) is 0 Å². The third-order valence-corrected chi connectivity index (χ3v) is 2.86. The zero-order chi connectivity index (χ0) is 10.8. The van der Waals surface area contributed by atoms with Crippen molar-refractivity contribution in [1.82, 2.24) is 5.32 Å². The molecule has 0 radical (unpaired) electrons. The minimum atomic E-state index is -3.25. The Morgan fingerprint density at radius 2 is 2.00 bits per heavy atom. The van der Waals surface area contributed by atoms with Crippen molar-refractivity contribution in [3.05, 3.63) is 29.8 Å². The van der Waals surface area contributed by atoms with Gasteiger partial charge in [-0.25, -0.2) is 8.42 Å². The van der Waals surface area contributed by atoms with Gasteiger partial charge in [-0.05, 0) is 18.2 Å². The number of hydrogen-bond donors (Lipinski definition) is 1. The summed E-state index contributed by atoms with van der Waals surface area (Å²) in [5.74, 6) is -0.296. The Bertz CT molecular complexity index is 451. The standard InChI is InChI=1S/C9H11NO3S/c1-10-9(11)7-4-3-5-8(6-7)14(2,12)13/h3-6H,1-2H3,(H,10,11). The largest absolute Gasteiger partial charge is 0.355 e. The summed E-state index contributed by atoms with van der Waals surface area (Å²) in [7, 11) is -1.75. The molecule has 0 fully saturated rings. The lowest BCUT2D eigenvalue weighted by molar-refractivity contribution is 0.0963. The summed E-state index contributed by atoms with van der Waals surface area (Å²) >= 11 is 0. The average Bonchev–Trinajstić information content (AvgIpc) is 2.15. The molecule has 0 bridgehead atoms. The fourth-order valence-corrected chi connectivity index (χ4v) is 1.68. The van der Waals surface area contributed by atoms with Gasteiger partial charge in [0.2, 0.25) is 0 Å². The predicted octanol–water partition coefficient (Wildman–Crippen LogP) is 0.450. The number of hydrogen-bond acceptors (Lipinski definition) is 3. The lowest BCUT2D eigenvalue weighted by Crippen LogP contribution is -2.18. The van der Waals surface area contributed by atoms with Crippen LogP contribution in [-0.4, -0.2) is 27.6 Å². The van der Waals surface area contributed by atoms with Gasteiger partial charge in [0, 0.05) is 18.9 Å². The lowest BCUT2D eigenvalue weighted by Gasteiger charge is -2.01. The third kappa shape index (κ3) is 2.32. The Morgan fingerprint density at radius 3 is 2.50 bits per heavy atom. The van der Waals surface area contributed by atoms with E-state index in [9.17, 15) is 13.2 Å². The SMILES string of the molecule is CNC(=O)c1cccc(S(C)(=O)=O)c1. The van der Waals surface area contributed by atoms with Crippen molar-refractivity contribution >= 4 is 15.7 Å². The minimum Gasteiger partial charge on any atom is -0.355 e. The zero-order valence-corrected chi connectivity index (χ0v) is 8.76. The molecule has 0 aliphatic rings. The number of rotatable bonds is 2. The van der Waals surface area contributed by atoms with E-state index in [-0.39, 0.29) is 10.8 Å². The molecule has 1 aromatic carbocycles.